The predicted molar refractivity (Wildman–Crippen MR) is 104 cm³/mol. The Morgan fingerprint density at radius 2 is 1.79 bits per heavy atom. The van der Waals surface area contributed by atoms with E-state index in [4.69, 9.17) is 13.9 Å². The number of hydrogen-bond donors (Lipinski definition) is 1. The molecular weight excluding hydrogens is 356 g/mol. The summed E-state index contributed by atoms with van der Waals surface area (Å²) in [5, 5.41) is 2.88. The van der Waals surface area contributed by atoms with Crippen molar-refractivity contribution >= 4 is 11.6 Å². The van der Waals surface area contributed by atoms with Crippen LogP contribution in [0.3, 0.4) is 0 Å². The van der Waals surface area contributed by atoms with Crippen molar-refractivity contribution in [1.82, 2.24) is 4.98 Å². The highest BCUT2D eigenvalue weighted by molar-refractivity contribution is 6.04. The van der Waals surface area contributed by atoms with E-state index in [1.54, 1.807) is 13.0 Å². The van der Waals surface area contributed by atoms with Gasteiger partial charge in [0.1, 0.15) is 5.76 Å². The molecular formula is C22H20N2O4. The van der Waals surface area contributed by atoms with E-state index in [-0.39, 0.29) is 11.6 Å². The molecule has 2 aromatic carbocycles. The van der Waals surface area contributed by atoms with E-state index in [9.17, 15) is 4.79 Å². The van der Waals surface area contributed by atoms with Gasteiger partial charge in [0.15, 0.2) is 17.2 Å². The van der Waals surface area contributed by atoms with Gasteiger partial charge in [-0.25, -0.2) is 4.98 Å². The van der Waals surface area contributed by atoms with Gasteiger partial charge in [0, 0.05) is 30.2 Å². The van der Waals surface area contributed by atoms with Crippen LogP contribution < -0.4 is 14.8 Å². The average molecular weight is 376 g/mol. The lowest BCUT2D eigenvalue weighted by molar-refractivity contribution is -0.0716. The van der Waals surface area contributed by atoms with Crippen molar-refractivity contribution < 1.29 is 18.7 Å². The fourth-order valence-electron chi connectivity index (χ4n) is 3.79. The number of hydrogen-bond acceptors (Lipinski definition) is 5. The highest BCUT2D eigenvalue weighted by atomic mass is 16.7. The van der Waals surface area contributed by atoms with Crippen LogP contribution in [0.25, 0.3) is 11.5 Å². The van der Waals surface area contributed by atoms with Crippen LogP contribution in [0.1, 0.15) is 41.9 Å². The minimum atomic E-state index is -0.516. The van der Waals surface area contributed by atoms with E-state index in [2.05, 4.69) is 10.3 Å². The number of aromatic nitrogens is 1. The Labute approximate surface area is 162 Å². The highest BCUT2D eigenvalue weighted by Crippen LogP contribution is 2.47. The monoisotopic (exact) mass is 376 g/mol. The molecule has 0 saturated heterocycles. The molecule has 0 radical (unpaired) electrons. The zero-order valence-electron chi connectivity index (χ0n) is 15.5. The number of nitrogens with one attached hydrogen (secondary N) is 1. The number of amides is 1. The van der Waals surface area contributed by atoms with E-state index >= 15 is 0 Å². The first kappa shape index (κ1) is 16.9. The molecule has 0 bridgehead atoms. The second kappa shape index (κ2) is 6.41. The first-order valence-electron chi connectivity index (χ1n) is 9.48. The molecule has 5 rings (SSSR count). The fraction of sp³-hybridized carbons (Fsp3) is 0.273. The largest absolute Gasteiger partial charge is 0.448 e. The van der Waals surface area contributed by atoms with E-state index in [1.807, 2.05) is 42.5 Å². The van der Waals surface area contributed by atoms with Crippen LogP contribution in [0.5, 0.6) is 11.5 Å². The van der Waals surface area contributed by atoms with Crippen LogP contribution in [-0.2, 0) is 0 Å². The molecule has 2 heterocycles. The Kier molecular flexibility index (Phi) is 3.86. The number of oxazole rings is 1. The first-order chi connectivity index (χ1) is 13.6. The second-order valence-corrected chi connectivity index (χ2v) is 7.23. The summed E-state index contributed by atoms with van der Waals surface area (Å²) in [6, 6.07) is 14.9. The average Bonchev–Trinajstić information content (AvgIpc) is 3.41. The normalized spacial score (nSPS) is 16.5. The van der Waals surface area contributed by atoms with Gasteiger partial charge in [-0.1, -0.05) is 18.2 Å². The van der Waals surface area contributed by atoms with Gasteiger partial charge in [-0.05, 0) is 44.0 Å². The third-order valence-electron chi connectivity index (χ3n) is 5.19. The number of rotatable bonds is 3. The smallest absolute Gasteiger partial charge is 0.277 e. The van der Waals surface area contributed by atoms with Crippen LogP contribution in [0, 0.1) is 6.92 Å². The molecule has 1 amide bonds. The zero-order chi connectivity index (χ0) is 19.1. The third kappa shape index (κ3) is 2.91. The molecule has 0 unspecified atom stereocenters. The first-order valence-corrected chi connectivity index (χ1v) is 9.48. The minimum Gasteiger partial charge on any atom is -0.448 e. The predicted octanol–water partition coefficient (Wildman–Crippen LogP) is 4.94. The van der Waals surface area contributed by atoms with Crippen molar-refractivity contribution in [2.75, 3.05) is 5.32 Å². The summed E-state index contributed by atoms with van der Waals surface area (Å²) in [4.78, 5) is 17.1. The van der Waals surface area contributed by atoms with Crippen LogP contribution in [-0.4, -0.2) is 16.7 Å². The summed E-state index contributed by atoms with van der Waals surface area (Å²) >= 11 is 0. The van der Waals surface area contributed by atoms with Crippen LogP contribution in [0.2, 0.25) is 0 Å². The van der Waals surface area contributed by atoms with Crippen LogP contribution >= 0.6 is 0 Å². The molecule has 6 nitrogen and oxygen atoms in total. The highest BCUT2D eigenvalue weighted by Gasteiger charge is 2.44. The number of fused-ring (bicyclic) bond motifs is 1. The van der Waals surface area contributed by atoms with Crippen molar-refractivity contribution in [3.63, 3.8) is 0 Å². The molecule has 2 aliphatic rings. The number of anilines is 1. The van der Waals surface area contributed by atoms with E-state index in [0.717, 1.165) is 37.0 Å². The molecule has 6 heteroatoms. The standard InChI is InChI=1S/C22H20N2O4/c1-14-19(24-21(26-14)15-7-3-2-4-8-15)20(25)23-16-9-10-17-18(13-16)28-22(27-17)11-5-6-12-22/h2-4,7-10,13H,5-6,11-12H2,1H3,(H,23,25). The van der Waals surface area contributed by atoms with E-state index in [1.165, 1.54) is 0 Å². The van der Waals surface area contributed by atoms with Gasteiger partial charge in [0.2, 0.25) is 5.89 Å². The molecule has 1 fully saturated rings. The topological polar surface area (TPSA) is 73.6 Å². The van der Waals surface area contributed by atoms with Gasteiger partial charge >= 0.3 is 0 Å². The summed E-state index contributed by atoms with van der Waals surface area (Å²) in [7, 11) is 0. The minimum absolute atomic E-state index is 0.267. The number of ether oxygens (including phenoxy) is 2. The Hall–Kier alpha value is -3.28. The Morgan fingerprint density at radius 1 is 1.04 bits per heavy atom. The second-order valence-electron chi connectivity index (χ2n) is 7.23. The quantitative estimate of drug-likeness (QED) is 0.701. The zero-order valence-corrected chi connectivity index (χ0v) is 15.5. The SMILES string of the molecule is Cc1oc(-c2ccccc2)nc1C(=O)Nc1ccc2c(c1)OC1(CCCC1)O2. The maximum atomic E-state index is 12.7. The molecule has 1 N–H and O–H groups in total. The van der Waals surface area contributed by atoms with Crippen molar-refractivity contribution in [3.05, 3.63) is 60.0 Å². The number of benzene rings is 2. The maximum absolute atomic E-state index is 12.7. The van der Waals surface area contributed by atoms with E-state index < -0.39 is 5.79 Å². The molecule has 1 aromatic heterocycles. The lowest BCUT2D eigenvalue weighted by atomic mass is 10.2. The Bertz CT molecular complexity index is 1040. The lowest BCUT2D eigenvalue weighted by Crippen LogP contribution is -2.34. The molecule has 142 valence electrons. The number of nitrogens with zero attached hydrogens (tertiary/aromatic N) is 1. The molecule has 28 heavy (non-hydrogen) atoms. The van der Waals surface area contributed by atoms with Crippen molar-refractivity contribution in [2.45, 2.75) is 38.4 Å². The number of carbonyl (C=O) groups excluding carboxylic acids is 1. The summed E-state index contributed by atoms with van der Waals surface area (Å²) in [6.45, 7) is 1.73. The maximum Gasteiger partial charge on any atom is 0.277 e. The van der Waals surface area contributed by atoms with Gasteiger partial charge in [-0.15, -0.1) is 0 Å². The van der Waals surface area contributed by atoms with Gasteiger partial charge in [-0.2, -0.15) is 0 Å². The lowest BCUT2D eigenvalue weighted by Gasteiger charge is -2.21. The van der Waals surface area contributed by atoms with Crippen molar-refractivity contribution in [3.8, 4) is 23.0 Å². The Morgan fingerprint density at radius 3 is 2.57 bits per heavy atom. The molecule has 3 aromatic rings. The number of carbonyl (C=O) groups is 1. The molecule has 1 aliphatic heterocycles. The summed E-state index contributed by atoms with van der Waals surface area (Å²) in [5.41, 5.74) is 1.73. The Balaban J connectivity index is 1.35. The van der Waals surface area contributed by atoms with Crippen LogP contribution in [0.4, 0.5) is 5.69 Å². The van der Waals surface area contributed by atoms with Gasteiger partial charge in [0.25, 0.3) is 11.7 Å². The molecule has 1 aliphatic carbocycles. The van der Waals surface area contributed by atoms with Gasteiger partial charge in [-0.3, -0.25) is 4.79 Å². The van der Waals surface area contributed by atoms with Gasteiger partial charge < -0.3 is 19.2 Å². The van der Waals surface area contributed by atoms with E-state index in [0.29, 0.717) is 23.1 Å². The molecule has 1 spiro atoms. The number of aryl methyl sites for hydroxylation is 1. The summed E-state index contributed by atoms with van der Waals surface area (Å²) in [5.74, 6) is 1.46. The fourth-order valence-corrected chi connectivity index (χ4v) is 3.79. The molecule has 0 atom stereocenters. The van der Waals surface area contributed by atoms with Crippen molar-refractivity contribution in [2.24, 2.45) is 0 Å². The third-order valence-corrected chi connectivity index (χ3v) is 5.19. The summed E-state index contributed by atoms with van der Waals surface area (Å²) < 4.78 is 17.8. The van der Waals surface area contributed by atoms with Gasteiger partial charge in [0.05, 0.1) is 0 Å². The van der Waals surface area contributed by atoms with Crippen molar-refractivity contribution in [1.29, 1.82) is 0 Å². The summed E-state index contributed by atoms with van der Waals surface area (Å²) in [6.07, 6.45) is 3.99. The molecule has 1 saturated carbocycles. The van der Waals surface area contributed by atoms with Crippen LogP contribution in [0.15, 0.2) is 52.9 Å².